The molecule has 0 bridgehead atoms. The van der Waals surface area contributed by atoms with Gasteiger partial charge in [0.05, 0.1) is 11.0 Å². The summed E-state index contributed by atoms with van der Waals surface area (Å²) in [7, 11) is 0. The second kappa shape index (κ2) is 6.87. The first kappa shape index (κ1) is 21.6. The molecule has 0 saturated heterocycles. The fourth-order valence-corrected chi connectivity index (χ4v) is 5.62. The van der Waals surface area contributed by atoms with E-state index in [1.165, 1.54) is 57.0 Å². The Bertz CT molecular complexity index is 1360. The summed E-state index contributed by atoms with van der Waals surface area (Å²) in [6.07, 6.45) is 2.44. The van der Waals surface area contributed by atoms with Crippen LogP contribution in [0.15, 0.2) is 54.6 Å². The van der Waals surface area contributed by atoms with Gasteiger partial charge in [-0.3, -0.25) is 0 Å². The standard InChI is InChI=1S/C30H34ClN/c1-28(2,3)19-8-13-26-23(16-19)22-11-9-20(31)17-27(22)32(26)21-10-12-24-25(18-21)30(6,7)15-14-29(24,4)5/h8-13,16-18H,14-15H2,1-7H3. The van der Waals surface area contributed by atoms with Crippen LogP contribution in [0.2, 0.25) is 5.02 Å². The normalized spacial score (nSPS) is 17.6. The summed E-state index contributed by atoms with van der Waals surface area (Å²) in [6.45, 7) is 16.4. The molecule has 0 amide bonds. The maximum absolute atomic E-state index is 6.49. The number of hydrogen-bond acceptors (Lipinski definition) is 0. The van der Waals surface area contributed by atoms with Crippen molar-refractivity contribution in [2.75, 3.05) is 0 Å². The molecule has 0 fully saturated rings. The van der Waals surface area contributed by atoms with Gasteiger partial charge in [0.2, 0.25) is 0 Å². The van der Waals surface area contributed by atoms with Gasteiger partial charge in [0, 0.05) is 21.5 Å². The Hall–Kier alpha value is -2.25. The summed E-state index contributed by atoms with van der Waals surface area (Å²) in [4.78, 5) is 0. The first-order valence-electron chi connectivity index (χ1n) is 11.8. The zero-order valence-electron chi connectivity index (χ0n) is 20.4. The molecule has 2 heteroatoms. The molecule has 1 nitrogen and oxygen atoms in total. The number of halogens is 1. The largest absolute Gasteiger partial charge is 0.309 e. The maximum Gasteiger partial charge on any atom is 0.0555 e. The lowest BCUT2D eigenvalue weighted by Gasteiger charge is -2.42. The van der Waals surface area contributed by atoms with E-state index in [2.05, 4.69) is 102 Å². The zero-order valence-corrected chi connectivity index (χ0v) is 21.2. The third kappa shape index (κ3) is 3.28. The molecular weight excluding hydrogens is 410 g/mol. The van der Waals surface area contributed by atoms with Crippen molar-refractivity contribution in [2.45, 2.75) is 77.6 Å². The summed E-state index contributed by atoms with van der Waals surface area (Å²) < 4.78 is 2.40. The van der Waals surface area contributed by atoms with Crippen molar-refractivity contribution in [1.29, 1.82) is 0 Å². The molecule has 4 aromatic rings. The van der Waals surface area contributed by atoms with Crippen LogP contribution in [0.5, 0.6) is 0 Å². The van der Waals surface area contributed by atoms with Crippen molar-refractivity contribution in [2.24, 2.45) is 0 Å². The van der Waals surface area contributed by atoms with Crippen molar-refractivity contribution in [1.82, 2.24) is 4.57 Å². The van der Waals surface area contributed by atoms with Crippen molar-refractivity contribution in [3.05, 3.63) is 76.3 Å². The number of nitrogens with zero attached hydrogens (tertiary/aromatic N) is 1. The topological polar surface area (TPSA) is 4.93 Å². The van der Waals surface area contributed by atoms with Gasteiger partial charge in [0.1, 0.15) is 0 Å². The molecule has 3 aromatic carbocycles. The van der Waals surface area contributed by atoms with E-state index in [0.29, 0.717) is 0 Å². The van der Waals surface area contributed by atoms with E-state index >= 15 is 0 Å². The van der Waals surface area contributed by atoms with Crippen LogP contribution < -0.4 is 0 Å². The zero-order chi connectivity index (χ0) is 23.1. The Kier molecular flexibility index (Phi) is 4.64. The lowest BCUT2D eigenvalue weighted by atomic mass is 9.63. The highest BCUT2D eigenvalue weighted by Gasteiger charge is 2.37. The van der Waals surface area contributed by atoms with Crippen LogP contribution in [0.3, 0.4) is 0 Å². The maximum atomic E-state index is 6.49. The summed E-state index contributed by atoms with van der Waals surface area (Å²) in [6, 6.07) is 20.4. The van der Waals surface area contributed by atoms with Crippen molar-refractivity contribution < 1.29 is 0 Å². The Balaban J connectivity index is 1.84. The van der Waals surface area contributed by atoms with Gasteiger partial charge in [0.25, 0.3) is 0 Å². The van der Waals surface area contributed by atoms with Crippen LogP contribution >= 0.6 is 11.6 Å². The van der Waals surface area contributed by atoms with Crippen LogP contribution in [0.4, 0.5) is 0 Å². The molecular formula is C30H34ClN. The number of hydrogen-bond donors (Lipinski definition) is 0. The van der Waals surface area contributed by atoms with E-state index in [-0.39, 0.29) is 16.2 Å². The molecule has 32 heavy (non-hydrogen) atoms. The summed E-state index contributed by atoms with van der Waals surface area (Å²) in [5, 5.41) is 3.33. The minimum atomic E-state index is 0.108. The number of benzene rings is 3. The van der Waals surface area contributed by atoms with Gasteiger partial charge in [0.15, 0.2) is 0 Å². The average Bonchev–Trinajstić information content (AvgIpc) is 3.03. The highest BCUT2D eigenvalue weighted by Crippen LogP contribution is 2.47. The fourth-order valence-electron chi connectivity index (χ4n) is 5.45. The summed E-state index contributed by atoms with van der Waals surface area (Å²) >= 11 is 6.49. The van der Waals surface area contributed by atoms with Crippen molar-refractivity contribution in [3.63, 3.8) is 0 Å². The molecule has 1 aliphatic carbocycles. The molecule has 0 N–H and O–H groups in total. The van der Waals surface area contributed by atoms with Gasteiger partial charge in [-0.2, -0.15) is 0 Å². The smallest absolute Gasteiger partial charge is 0.0555 e. The minimum Gasteiger partial charge on any atom is -0.309 e. The van der Waals surface area contributed by atoms with Gasteiger partial charge >= 0.3 is 0 Å². The van der Waals surface area contributed by atoms with Crippen molar-refractivity contribution >= 4 is 33.4 Å². The summed E-state index contributed by atoms with van der Waals surface area (Å²) in [5.41, 5.74) is 8.46. The quantitative estimate of drug-likeness (QED) is 0.276. The van der Waals surface area contributed by atoms with Crippen LogP contribution in [-0.2, 0) is 16.2 Å². The Morgan fingerprint density at radius 2 is 1.41 bits per heavy atom. The Morgan fingerprint density at radius 3 is 2.09 bits per heavy atom. The number of rotatable bonds is 1. The van der Waals surface area contributed by atoms with Gasteiger partial charge in [-0.15, -0.1) is 0 Å². The van der Waals surface area contributed by atoms with Crippen molar-refractivity contribution in [3.8, 4) is 5.69 Å². The van der Waals surface area contributed by atoms with E-state index in [0.717, 1.165) is 5.02 Å². The molecule has 1 aromatic heterocycles. The van der Waals surface area contributed by atoms with Crippen LogP contribution in [0.1, 0.15) is 78.0 Å². The molecule has 5 rings (SSSR count). The van der Waals surface area contributed by atoms with Gasteiger partial charge < -0.3 is 4.57 Å². The summed E-state index contributed by atoms with van der Waals surface area (Å²) in [5.74, 6) is 0. The fraction of sp³-hybridized carbons (Fsp3) is 0.400. The Labute approximate surface area is 197 Å². The van der Waals surface area contributed by atoms with E-state index in [1.54, 1.807) is 0 Å². The van der Waals surface area contributed by atoms with Crippen LogP contribution in [-0.4, -0.2) is 4.57 Å². The predicted octanol–water partition coefficient (Wildman–Crippen LogP) is 9.08. The number of aromatic nitrogens is 1. The van der Waals surface area contributed by atoms with Crippen LogP contribution in [0.25, 0.3) is 27.5 Å². The number of fused-ring (bicyclic) bond motifs is 4. The van der Waals surface area contributed by atoms with E-state index in [9.17, 15) is 0 Å². The first-order valence-corrected chi connectivity index (χ1v) is 12.2. The second-order valence-corrected chi connectivity index (χ2v) is 12.4. The average molecular weight is 444 g/mol. The second-order valence-electron chi connectivity index (χ2n) is 12.0. The van der Waals surface area contributed by atoms with Crippen LogP contribution in [0, 0.1) is 0 Å². The molecule has 0 spiro atoms. The predicted molar refractivity (Wildman–Crippen MR) is 140 cm³/mol. The third-order valence-corrected chi connectivity index (χ3v) is 7.92. The minimum absolute atomic E-state index is 0.108. The van der Waals surface area contributed by atoms with E-state index in [1.807, 2.05) is 6.07 Å². The first-order chi connectivity index (χ1) is 14.9. The lowest BCUT2D eigenvalue weighted by molar-refractivity contribution is 0.332. The molecule has 1 heterocycles. The third-order valence-electron chi connectivity index (χ3n) is 7.69. The molecule has 166 valence electrons. The molecule has 1 aliphatic rings. The Morgan fingerprint density at radius 1 is 0.719 bits per heavy atom. The molecule has 0 radical (unpaired) electrons. The van der Waals surface area contributed by atoms with E-state index in [4.69, 9.17) is 11.6 Å². The van der Waals surface area contributed by atoms with Gasteiger partial charge in [-0.1, -0.05) is 78.3 Å². The highest BCUT2D eigenvalue weighted by atomic mass is 35.5. The molecule has 0 aliphatic heterocycles. The highest BCUT2D eigenvalue weighted by molar-refractivity contribution is 6.31. The molecule has 0 saturated carbocycles. The lowest BCUT2D eigenvalue weighted by Crippen LogP contribution is -2.33. The monoisotopic (exact) mass is 443 g/mol. The van der Waals surface area contributed by atoms with Gasteiger partial charge in [-0.05, 0) is 82.2 Å². The molecule has 0 atom stereocenters. The molecule has 0 unspecified atom stereocenters. The SMILES string of the molecule is CC(C)(C)c1ccc2c(c1)c1ccc(Cl)cc1n2-c1ccc2c(c1)C(C)(C)CCC2(C)C. The van der Waals surface area contributed by atoms with Gasteiger partial charge in [-0.25, -0.2) is 0 Å². The van der Waals surface area contributed by atoms with E-state index < -0.39 is 0 Å².